The summed E-state index contributed by atoms with van der Waals surface area (Å²) in [6.07, 6.45) is 0.281. The first-order chi connectivity index (χ1) is 9.54. The second-order valence-electron chi connectivity index (χ2n) is 3.96. The number of aromatic nitrogens is 3. The van der Waals surface area contributed by atoms with E-state index in [1.54, 1.807) is 18.6 Å². The minimum atomic E-state index is -0.917. The number of carbonyl (C=O) groups excluding carboxylic acids is 1. The number of carboxylic acid groups (broad SMARTS) is 1. The molecule has 1 rings (SSSR count). The zero-order valence-electron chi connectivity index (χ0n) is 11.5. The van der Waals surface area contributed by atoms with Crippen molar-refractivity contribution in [3.8, 4) is 0 Å². The fourth-order valence-corrected chi connectivity index (χ4v) is 2.18. The number of ether oxygens (including phenoxy) is 1. The van der Waals surface area contributed by atoms with Gasteiger partial charge in [-0.25, -0.2) is 0 Å². The van der Waals surface area contributed by atoms with Gasteiger partial charge in [-0.1, -0.05) is 11.8 Å². The summed E-state index contributed by atoms with van der Waals surface area (Å²) in [5.41, 5.74) is 0. The van der Waals surface area contributed by atoms with Crippen LogP contribution >= 0.6 is 11.8 Å². The van der Waals surface area contributed by atoms with Crippen molar-refractivity contribution in [1.82, 2.24) is 20.1 Å². The van der Waals surface area contributed by atoms with E-state index in [4.69, 9.17) is 9.84 Å². The van der Waals surface area contributed by atoms with Gasteiger partial charge in [0.05, 0.1) is 12.4 Å². The molecule has 112 valence electrons. The van der Waals surface area contributed by atoms with Gasteiger partial charge in [0, 0.05) is 26.6 Å². The summed E-state index contributed by atoms with van der Waals surface area (Å²) >= 11 is 1.09. The first-order valence-electron chi connectivity index (χ1n) is 6.04. The lowest BCUT2D eigenvalue weighted by molar-refractivity contribution is -0.134. The quantitative estimate of drug-likeness (QED) is 0.485. The topological polar surface area (TPSA) is 106 Å². The molecule has 0 aliphatic rings. The molecule has 1 aromatic rings. The van der Waals surface area contributed by atoms with Gasteiger partial charge in [-0.3, -0.25) is 9.59 Å². The summed E-state index contributed by atoms with van der Waals surface area (Å²) in [6.45, 7) is 3.12. The van der Waals surface area contributed by atoms with Crippen LogP contribution in [0.4, 0.5) is 0 Å². The number of nitrogens with one attached hydrogen (secondary N) is 1. The van der Waals surface area contributed by atoms with Gasteiger partial charge in [0.25, 0.3) is 0 Å². The lowest BCUT2D eigenvalue weighted by atomic mass is 10.4. The highest BCUT2D eigenvalue weighted by Gasteiger charge is 2.12. The largest absolute Gasteiger partial charge is 0.481 e. The van der Waals surface area contributed by atoms with Gasteiger partial charge in [-0.05, 0) is 6.92 Å². The van der Waals surface area contributed by atoms with Crippen LogP contribution in [-0.2, 0) is 20.9 Å². The van der Waals surface area contributed by atoms with Gasteiger partial charge in [0.2, 0.25) is 5.91 Å². The van der Waals surface area contributed by atoms with Crippen LogP contribution in [0, 0.1) is 6.92 Å². The standard InChI is InChI=1S/C11H18N4O4S/c1-8-13-14-11(20-7-10(17)18)15(8)5-3-9(16)12-4-6-19-2/h3-7H2,1-2H3,(H,12,16)(H,17,18). The molecule has 0 aliphatic heterocycles. The van der Waals surface area contributed by atoms with Crippen LogP contribution in [0.25, 0.3) is 0 Å². The third-order valence-corrected chi connectivity index (χ3v) is 3.37. The lowest BCUT2D eigenvalue weighted by Crippen LogP contribution is -2.27. The predicted octanol–water partition coefficient (Wildman–Crippen LogP) is -0.0841. The van der Waals surface area contributed by atoms with Crippen molar-refractivity contribution < 1.29 is 19.4 Å². The molecule has 0 radical (unpaired) electrons. The number of nitrogens with zero attached hydrogens (tertiary/aromatic N) is 3. The van der Waals surface area contributed by atoms with Crippen LogP contribution in [0.3, 0.4) is 0 Å². The molecular formula is C11H18N4O4S. The molecule has 0 atom stereocenters. The van der Waals surface area contributed by atoms with Gasteiger partial charge >= 0.3 is 5.97 Å². The number of carboxylic acids is 1. The molecule has 1 aromatic heterocycles. The minimum Gasteiger partial charge on any atom is -0.481 e. The maximum Gasteiger partial charge on any atom is 0.313 e. The highest BCUT2D eigenvalue weighted by atomic mass is 32.2. The van der Waals surface area contributed by atoms with Gasteiger partial charge in [-0.2, -0.15) is 0 Å². The summed E-state index contributed by atoms with van der Waals surface area (Å²) in [7, 11) is 1.57. The summed E-state index contributed by atoms with van der Waals surface area (Å²) in [4.78, 5) is 22.1. The summed E-state index contributed by atoms with van der Waals surface area (Å²) in [6, 6.07) is 0. The average Bonchev–Trinajstić information content (AvgIpc) is 2.75. The van der Waals surface area contributed by atoms with E-state index in [0.717, 1.165) is 11.8 Å². The van der Waals surface area contributed by atoms with Gasteiger partial charge in [0.15, 0.2) is 5.16 Å². The number of rotatable bonds is 9. The summed E-state index contributed by atoms with van der Waals surface area (Å²) in [5.74, 6) is -0.440. The lowest BCUT2D eigenvalue weighted by Gasteiger charge is -2.08. The first-order valence-corrected chi connectivity index (χ1v) is 7.03. The normalized spacial score (nSPS) is 10.5. The van der Waals surface area contributed by atoms with E-state index in [-0.39, 0.29) is 18.1 Å². The van der Waals surface area contributed by atoms with E-state index in [2.05, 4.69) is 15.5 Å². The minimum absolute atomic E-state index is 0.0852. The van der Waals surface area contributed by atoms with Gasteiger partial charge < -0.3 is 19.7 Å². The Morgan fingerprint density at radius 1 is 1.45 bits per heavy atom. The van der Waals surface area contributed by atoms with Gasteiger partial charge in [-0.15, -0.1) is 10.2 Å². The second kappa shape index (κ2) is 8.54. The van der Waals surface area contributed by atoms with Crippen molar-refractivity contribution >= 4 is 23.6 Å². The molecule has 0 fully saturated rings. The van der Waals surface area contributed by atoms with E-state index < -0.39 is 5.97 Å². The molecule has 2 N–H and O–H groups in total. The fraction of sp³-hybridized carbons (Fsp3) is 0.636. The molecule has 20 heavy (non-hydrogen) atoms. The number of hydrogen-bond acceptors (Lipinski definition) is 6. The van der Waals surface area contributed by atoms with Crippen LogP contribution < -0.4 is 5.32 Å². The van der Waals surface area contributed by atoms with Crippen molar-refractivity contribution in [2.75, 3.05) is 26.0 Å². The maximum absolute atomic E-state index is 11.6. The zero-order valence-corrected chi connectivity index (χ0v) is 12.3. The molecule has 9 heteroatoms. The Morgan fingerprint density at radius 3 is 2.85 bits per heavy atom. The monoisotopic (exact) mass is 302 g/mol. The van der Waals surface area contributed by atoms with E-state index in [9.17, 15) is 9.59 Å². The van der Waals surface area contributed by atoms with Crippen molar-refractivity contribution in [1.29, 1.82) is 0 Å². The molecule has 0 spiro atoms. The SMILES string of the molecule is COCCNC(=O)CCn1c(C)nnc1SCC(=O)O. The van der Waals surface area contributed by atoms with Crippen LogP contribution in [0.2, 0.25) is 0 Å². The molecule has 1 heterocycles. The zero-order chi connectivity index (χ0) is 15.0. The van der Waals surface area contributed by atoms with E-state index in [0.29, 0.717) is 30.7 Å². The first kappa shape index (κ1) is 16.4. The molecule has 8 nitrogen and oxygen atoms in total. The Labute approximate surface area is 120 Å². The second-order valence-corrected chi connectivity index (χ2v) is 4.90. The summed E-state index contributed by atoms with van der Waals surface area (Å²) < 4.78 is 6.58. The average molecular weight is 302 g/mol. The van der Waals surface area contributed by atoms with Gasteiger partial charge in [0.1, 0.15) is 5.82 Å². The van der Waals surface area contributed by atoms with Crippen molar-refractivity contribution in [3.05, 3.63) is 5.82 Å². The van der Waals surface area contributed by atoms with Crippen LogP contribution in [0.15, 0.2) is 5.16 Å². The van der Waals surface area contributed by atoms with Crippen LogP contribution in [0.1, 0.15) is 12.2 Å². The Morgan fingerprint density at radius 2 is 2.20 bits per heavy atom. The summed E-state index contributed by atoms with van der Waals surface area (Å²) in [5, 5.41) is 19.7. The smallest absolute Gasteiger partial charge is 0.313 e. The molecule has 0 saturated carbocycles. The number of amides is 1. The predicted molar refractivity (Wildman–Crippen MR) is 72.6 cm³/mol. The Kier molecular flexibility index (Phi) is 7.02. The Hall–Kier alpha value is -1.61. The van der Waals surface area contributed by atoms with Crippen molar-refractivity contribution in [2.24, 2.45) is 0 Å². The molecule has 0 bridgehead atoms. The van der Waals surface area contributed by atoms with E-state index in [1.807, 2.05) is 0 Å². The number of aryl methyl sites for hydroxylation is 1. The molecule has 0 aromatic carbocycles. The third kappa shape index (κ3) is 5.57. The third-order valence-electron chi connectivity index (χ3n) is 2.42. The Bertz CT molecular complexity index is 463. The highest BCUT2D eigenvalue weighted by Crippen LogP contribution is 2.16. The van der Waals surface area contributed by atoms with Crippen molar-refractivity contribution in [2.45, 2.75) is 25.0 Å². The molecule has 0 saturated heterocycles. The molecular weight excluding hydrogens is 284 g/mol. The highest BCUT2D eigenvalue weighted by molar-refractivity contribution is 7.99. The maximum atomic E-state index is 11.6. The fourth-order valence-electron chi connectivity index (χ4n) is 1.45. The van der Waals surface area contributed by atoms with Crippen LogP contribution in [-0.4, -0.2) is 57.8 Å². The molecule has 0 unspecified atom stereocenters. The number of hydrogen-bond donors (Lipinski definition) is 2. The van der Waals surface area contributed by atoms with Crippen molar-refractivity contribution in [3.63, 3.8) is 0 Å². The molecule has 0 aliphatic carbocycles. The van der Waals surface area contributed by atoms with E-state index in [1.165, 1.54) is 0 Å². The number of thioether (sulfide) groups is 1. The number of aliphatic carboxylic acids is 1. The number of methoxy groups -OCH3 is 1. The van der Waals surface area contributed by atoms with Crippen LogP contribution in [0.5, 0.6) is 0 Å². The number of carbonyl (C=O) groups is 2. The Balaban J connectivity index is 2.48. The van der Waals surface area contributed by atoms with E-state index >= 15 is 0 Å². The molecule has 1 amide bonds.